The van der Waals surface area contributed by atoms with Crippen molar-refractivity contribution < 1.29 is 8.42 Å². The minimum absolute atomic E-state index is 0.145. The largest absolute Gasteiger partial charge is 0.222 e. The van der Waals surface area contributed by atoms with Crippen LogP contribution in [-0.4, -0.2) is 12.6 Å². The van der Waals surface area contributed by atoms with Gasteiger partial charge in [-0.25, -0.2) is 8.42 Å². The van der Waals surface area contributed by atoms with Crippen molar-refractivity contribution >= 4 is 41.7 Å². The quantitative estimate of drug-likeness (QED) is 0.687. The Morgan fingerprint density at radius 3 is 2.38 bits per heavy atom. The molecular formula is C8H6Br2O2S. The molecule has 0 fully saturated rings. The average Bonchev–Trinajstić information content (AvgIpc) is 2.30. The molecule has 1 aliphatic heterocycles. The maximum absolute atomic E-state index is 11.7. The molecule has 0 unspecified atom stereocenters. The summed E-state index contributed by atoms with van der Waals surface area (Å²) in [7, 11) is -3.16. The maximum atomic E-state index is 11.7. The molecule has 0 bridgehead atoms. The van der Waals surface area contributed by atoms with Gasteiger partial charge in [0.2, 0.25) is 0 Å². The Kier molecular flexibility index (Phi) is 2.28. The Bertz CT molecular complexity index is 441. The van der Waals surface area contributed by atoms with E-state index in [1.165, 1.54) is 0 Å². The van der Waals surface area contributed by atoms with Gasteiger partial charge in [-0.1, -0.05) is 50.1 Å². The third-order valence-electron chi connectivity index (χ3n) is 2.05. The van der Waals surface area contributed by atoms with Gasteiger partial charge in [-0.3, -0.25) is 0 Å². The standard InChI is InChI=1S/C8H6Br2O2S/c9-7-5-3-1-2-4-6(5)13(11,12)8(7)10/h1-4,7-8H/t7-,8+/m1/s1. The van der Waals surface area contributed by atoms with E-state index in [1.807, 2.05) is 12.1 Å². The molecule has 0 saturated heterocycles. The van der Waals surface area contributed by atoms with Crippen molar-refractivity contribution in [2.24, 2.45) is 0 Å². The van der Waals surface area contributed by atoms with Gasteiger partial charge >= 0.3 is 0 Å². The molecule has 0 saturated carbocycles. The van der Waals surface area contributed by atoms with Gasteiger partial charge < -0.3 is 0 Å². The summed E-state index contributed by atoms with van der Waals surface area (Å²) in [5, 5.41) is 0. The van der Waals surface area contributed by atoms with Gasteiger partial charge in [0, 0.05) is 0 Å². The van der Waals surface area contributed by atoms with Gasteiger partial charge in [0.25, 0.3) is 0 Å². The minimum Gasteiger partial charge on any atom is -0.222 e. The Labute approximate surface area is 93.5 Å². The van der Waals surface area contributed by atoms with E-state index in [-0.39, 0.29) is 4.83 Å². The number of fused-ring (bicyclic) bond motifs is 1. The molecular weight excluding hydrogens is 320 g/mol. The van der Waals surface area contributed by atoms with E-state index in [0.717, 1.165) is 5.56 Å². The van der Waals surface area contributed by atoms with Crippen LogP contribution in [0.3, 0.4) is 0 Å². The van der Waals surface area contributed by atoms with Crippen molar-refractivity contribution in [3.05, 3.63) is 29.8 Å². The number of hydrogen-bond acceptors (Lipinski definition) is 2. The lowest BCUT2D eigenvalue weighted by Crippen LogP contribution is -2.09. The summed E-state index contributed by atoms with van der Waals surface area (Å²) in [5.74, 6) is 0. The van der Waals surface area contributed by atoms with E-state index in [0.29, 0.717) is 4.90 Å². The van der Waals surface area contributed by atoms with E-state index in [9.17, 15) is 8.42 Å². The van der Waals surface area contributed by atoms with E-state index in [4.69, 9.17) is 0 Å². The first-order valence-electron chi connectivity index (χ1n) is 3.66. The molecule has 2 atom stereocenters. The van der Waals surface area contributed by atoms with Gasteiger partial charge in [0.05, 0.1) is 9.72 Å². The molecule has 0 N–H and O–H groups in total. The molecule has 70 valence electrons. The molecule has 0 spiro atoms. The lowest BCUT2D eigenvalue weighted by molar-refractivity contribution is 0.598. The SMILES string of the molecule is O=S1(=O)c2ccccc2[C@@H](Br)[C@H]1Br. The first-order chi connectivity index (χ1) is 6.05. The van der Waals surface area contributed by atoms with Crippen molar-refractivity contribution in [3.8, 4) is 0 Å². The molecule has 0 aromatic heterocycles. The number of sulfone groups is 1. The predicted molar refractivity (Wildman–Crippen MR) is 58.0 cm³/mol. The van der Waals surface area contributed by atoms with Gasteiger partial charge in [-0.05, 0) is 11.6 Å². The molecule has 1 aliphatic rings. The van der Waals surface area contributed by atoms with Gasteiger partial charge in [-0.15, -0.1) is 0 Å². The van der Waals surface area contributed by atoms with Crippen LogP contribution in [-0.2, 0) is 9.84 Å². The molecule has 0 aliphatic carbocycles. The van der Waals surface area contributed by atoms with Crippen LogP contribution in [0, 0.1) is 0 Å². The summed E-state index contributed by atoms with van der Waals surface area (Å²) < 4.78 is 22.9. The summed E-state index contributed by atoms with van der Waals surface area (Å²) in [6.07, 6.45) is 0. The molecule has 13 heavy (non-hydrogen) atoms. The molecule has 2 rings (SSSR count). The second kappa shape index (κ2) is 3.07. The molecule has 1 aromatic carbocycles. The van der Waals surface area contributed by atoms with Gasteiger partial charge in [0.15, 0.2) is 9.84 Å². The molecule has 5 heteroatoms. The fraction of sp³-hybridized carbons (Fsp3) is 0.250. The van der Waals surface area contributed by atoms with E-state index in [1.54, 1.807) is 12.1 Å². The highest BCUT2D eigenvalue weighted by Crippen LogP contribution is 2.46. The Morgan fingerprint density at radius 1 is 1.15 bits per heavy atom. The lowest BCUT2D eigenvalue weighted by atomic mass is 10.2. The monoisotopic (exact) mass is 324 g/mol. The molecule has 0 amide bonds. The summed E-state index contributed by atoms with van der Waals surface area (Å²) >= 11 is 6.52. The molecule has 1 heterocycles. The fourth-order valence-corrected chi connectivity index (χ4v) is 5.17. The third-order valence-corrected chi connectivity index (χ3v) is 7.99. The van der Waals surface area contributed by atoms with Crippen LogP contribution in [0.4, 0.5) is 0 Å². The molecule has 2 nitrogen and oxygen atoms in total. The number of benzene rings is 1. The van der Waals surface area contributed by atoms with Gasteiger partial charge in [0.1, 0.15) is 4.16 Å². The maximum Gasteiger partial charge on any atom is 0.192 e. The van der Waals surface area contributed by atoms with Crippen LogP contribution < -0.4 is 0 Å². The average molecular weight is 326 g/mol. The highest BCUT2D eigenvalue weighted by molar-refractivity contribution is 9.13. The second-order valence-corrected chi connectivity index (χ2v) is 7.45. The third kappa shape index (κ3) is 1.28. The van der Waals surface area contributed by atoms with Crippen molar-refractivity contribution in [3.63, 3.8) is 0 Å². The number of rotatable bonds is 0. The normalized spacial score (nSPS) is 30.0. The number of halogens is 2. The first-order valence-corrected chi connectivity index (χ1v) is 7.04. The summed E-state index contributed by atoms with van der Waals surface area (Å²) in [6.45, 7) is 0. The highest BCUT2D eigenvalue weighted by atomic mass is 79.9. The summed E-state index contributed by atoms with van der Waals surface area (Å²) in [5.41, 5.74) is 0.837. The van der Waals surface area contributed by atoms with Crippen molar-refractivity contribution in [1.29, 1.82) is 0 Å². The molecule has 1 aromatic rings. The summed E-state index contributed by atoms with van der Waals surface area (Å²) in [4.78, 5) is 0.285. The number of alkyl halides is 2. The van der Waals surface area contributed by atoms with Crippen LogP contribution in [0.2, 0.25) is 0 Å². The summed E-state index contributed by atoms with van der Waals surface area (Å²) in [6, 6.07) is 7.04. The van der Waals surface area contributed by atoms with Crippen LogP contribution >= 0.6 is 31.9 Å². The Hall–Kier alpha value is 0.130. The second-order valence-electron chi connectivity index (χ2n) is 2.84. The first kappa shape index (κ1) is 9.68. The topological polar surface area (TPSA) is 34.1 Å². The smallest absolute Gasteiger partial charge is 0.192 e. The lowest BCUT2D eigenvalue weighted by Gasteiger charge is -2.03. The number of hydrogen-bond donors (Lipinski definition) is 0. The van der Waals surface area contributed by atoms with Crippen LogP contribution in [0.5, 0.6) is 0 Å². The predicted octanol–water partition coefficient (Wildman–Crippen LogP) is 2.63. The van der Waals surface area contributed by atoms with Crippen molar-refractivity contribution in [1.82, 2.24) is 0 Å². The van der Waals surface area contributed by atoms with Crippen LogP contribution in [0.15, 0.2) is 29.2 Å². The molecule has 0 radical (unpaired) electrons. The van der Waals surface area contributed by atoms with Gasteiger partial charge in [-0.2, -0.15) is 0 Å². The highest BCUT2D eigenvalue weighted by Gasteiger charge is 2.41. The fourth-order valence-electron chi connectivity index (χ4n) is 1.39. The Morgan fingerprint density at radius 2 is 1.77 bits per heavy atom. The zero-order chi connectivity index (χ0) is 9.64. The van der Waals surface area contributed by atoms with Crippen molar-refractivity contribution in [2.45, 2.75) is 13.9 Å². The van der Waals surface area contributed by atoms with E-state index >= 15 is 0 Å². The van der Waals surface area contributed by atoms with E-state index < -0.39 is 14.0 Å². The van der Waals surface area contributed by atoms with Crippen molar-refractivity contribution in [2.75, 3.05) is 0 Å². The zero-order valence-electron chi connectivity index (χ0n) is 6.44. The minimum atomic E-state index is -3.16. The van der Waals surface area contributed by atoms with E-state index in [2.05, 4.69) is 31.9 Å². The zero-order valence-corrected chi connectivity index (χ0v) is 10.4. The van der Waals surface area contributed by atoms with Crippen LogP contribution in [0.25, 0.3) is 0 Å². The Balaban J connectivity index is 2.76. The van der Waals surface area contributed by atoms with Crippen LogP contribution in [0.1, 0.15) is 10.4 Å².